The zero-order valence-electron chi connectivity index (χ0n) is 7.69. The van der Waals surface area contributed by atoms with E-state index >= 15 is 0 Å². The number of ether oxygens (including phenoxy) is 1. The maximum Gasteiger partial charge on any atom is 0.0972 e. The largest absolute Gasteiger partial charge is 0.364 e. The van der Waals surface area contributed by atoms with E-state index in [4.69, 9.17) is 4.74 Å². The minimum Gasteiger partial charge on any atom is -0.364 e. The quantitative estimate of drug-likeness (QED) is 0.669. The van der Waals surface area contributed by atoms with Gasteiger partial charge in [0.1, 0.15) is 0 Å². The van der Waals surface area contributed by atoms with Gasteiger partial charge in [-0.3, -0.25) is 5.32 Å². The third kappa shape index (κ3) is 16.5. The molecular weight excluding hydrogens is 150 g/mol. The highest BCUT2D eigenvalue weighted by molar-refractivity contribution is 4.67. The van der Waals surface area contributed by atoms with E-state index in [9.17, 15) is 0 Å². The Kier molecular flexibility index (Phi) is 11.3. The molecule has 2 nitrogen and oxygen atoms in total. The molecule has 0 unspecified atom stereocenters. The first-order chi connectivity index (χ1) is 4.42. The van der Waals surface area contributed by atoms with Crippen LogP contribution in [0.3, 0.4) is 0 Å². The molecule has 78 valence electrons. The second-order valence-corrected chi connectivity index (χ2v) is 3.79. The van der Waals surface area contributed by atoms with Gasteiger partial charge in [-0.15, -0.1) is 0 Å². The van der Waals surface area contributed by atoms with Gasteiger partial charge in [-0.25, -0.2) is 0 Å². The average Bonchev–Trinajstić information content (AvgIpc) is 1.59. The van der Waals surface area contributed by atoms with Gasteiger partial charge in [0.2, 0.25) is 0 Å². The topological polar surface area (TPSA) is 21.3 Å². The molecular formula is C10H27NO. The zero-order valence-corrected chi connectivity index (χ0v) is 7.69. The van der Waals surface area contributed by atoms with Crippen molar-refractivity contribution in [1.29, 1.82) is 0 Å². The standard InChI is InChI=1S/C8H19NO.2CH4/c1-7(2)10-6-9-8(3,4)5;;/h7,9H,6H2,1-5H3;2*1H4. The lowest BCUT2D eigenvalue weighted by molar-refractivity contribution is 0.0515. The summed E-state index contributed by atoms with van der Waals surface area (Å²) < 4.78 is 5.31. The molecule has 2 heteroatoms. The third-order valence-electron chi connectivity index (χ3n) is 1.02. The van der Waals surface area contributed by atoms with Crippen LogP contribution < -0.4 is 5.32 Å². The van der Waals surface area contributed by atoms with E-state index in [1.165, 1.54) is 0 Å². The van der Waals surface area contributed by atoms with Crippen LogP contribution in [-0.2, 0) is 4.74 Å². The van der Waals surface area contributed by atoms with Crippen molar-refractivity contribution in [2.45, 2.75) is 61.1 Å². The van der Waals surface area contributed by atoms with Gasteiger partial charge in [-0.2, -0.15) is 0 Å². The number of hydrogen-bond donors (Lipinski definition) is 1. The molecule has 1 N–H and O–H groups in total. The first-order valence-electron chi connectivity index (χ1n) is 3.78. The molecule has 0 aromatic rings. The molecule has 0 aromatic heterocycles. The summed E-state index contributed by atoms with van der Waals surface area (Å²) in [5, 5.41) is 3.23. The smallest absolute Gasteiger partial charge is 0.0972 e. The second kappa shape index (κ2) is 7.56. The van der Waals surface area contributed by atoms with Crippen LogP contribution >= 0.6 is 0 Å². The summed E-state index contributed by atoms with van der Waals surface area (Å²) >= 11 is 0. The fourth-order valence-corrected chi connectivity index (χ4v) is 0.425. The number of rotatable bonds is 3. The fraction of sp³-hybridized carbons (Fsp3) is 1.00. The maximum atomic E-state index is 5.31. The lowest BCUT2D eigenvalue weighted by atomic mass is 10.1. The van der Waals surface area contributed by atoms with Crippen LogP contribution in [-0.4, -0.2) is 18.4 Å². The Morgan fingerprint density at radius 2 is 1.58 bits per heavy atom. The predicted octanol–water partition coefficient (Wildman–Crippen LogP) is 3.03. The van der Waals surface area contributed by atoms with E-state index in [0.29, 0.717) is 12.8 Å². The zero-order chi connectivity index (χ0) is 8.20. The van der Waals surface area contributed by atoms with Crippen molar-refractivity contribution in [2.24, 2.45) is 0 Å². The van der Waals surface area contributed by atoms with Crippen molar-refractivity contribution in [3.63, 3.8) is 0 Å². The molecule has 12 heavy (non-hydrogen) atoms. The average molecular weight is 177 g/mol. The van der Waals surface area contributed by atoms with Gasteiger partial charge in [0.25, 0.3) is 0 Å². The van der Waals surface area contributed by atoms with Crippen LogP contribution in [0, 0.1) is 0 Å². The molecule has 0 bridgehead atoms. The van der Waals surface area contributed by atoms with Crippen molar-refractivity contribution in [3.05, 3.63) is 0 Å². The van der Waals surface area contributed by atoms with E-state index in [1.807, 2.05) is 13.8 Å². The van der Waals surface area contributed by atoms with Crippen molar-refractivity contribution in [3.8, 4) is 0 Å². The van der Waals surface area contributed by atoms with Gasteiger partial charge in [0.05, 0.1) is 12.8 Å². The molecule has 0 radical (unpaired) electrons. The van der Waals surface area contributed by atoms with E-state index in [1.54, 1.807) is 0 Å². The van der Waals surface area contributed by atoms with E-state index in [2.05, 4.69) is 26.1 Å². The molecule has 0 aliphatic rings. The number of nitrogens with one attached hydrogen (secondary N) is 1. The predicted molar refractivity (Wildman–Crippen MR) is 57.4 cm³/mol. The highest BCUT2D eigenvalue weighted by Gasteiger charge is 2.07. The SMILES string of the molecule is C.C.CC(C)OCNC(C)(C)C. The lowest BCUT2D eigenvalue weighted by Crippen LogP contribution is -2.38. The van der Waals surface area contributed by atoms with Gasteiger partial charge < -0.3 is 4.74 Å². The van der Waals surface area contributed by atoms with E-state index in [0.717, 1.165) is 0 Å². The minimum absolute atomic E-state index is 0. The Hall–Kier alpha value is -0.0800. The van der Waals surface area contributed by atoms with Crippen molar-refractivity contribution in [1.82, 2.24) is 5.32 Å². The molecule has 0 atom stereocenters. The Labute approximate surface area is 78.7 Å². The third-order valence-corrected chi connectivity index (χ3v) is 1.02. The summed E-state index contributed by atoms with van der Waals surface area (Å²) in [5.41, 5.74) is 0.162. The molecule has 0 aromatic carbocycles. The Balaban J connectivity index is -0.000000405. The van der Waals surface area contributed by atoms with Gasteiger partial charge in [0, 0.05) is 5.54 Å². The highest BCUT2D eigenvalue weighted by Crippen LogP contribution is 1.97. The molecule has 0 aliphatic carbocycles. The summed E-state index contributed by atoms with van der Waals surface area (Å²) in [6.07, 6.45) is 0.315. The van der Waals surface area contributed by atoms with Crippen molar-refractivity contribution in [2.75, 3.05) is 6.73 Å². The van der Waals surface area contributed by atoms with E-state index < -0.39 is 0 Å². The molecule has 0 heterocycles. The van der Waals surface area contributed by atoms with Gasteiger partial charge in [0.15, 0.2) is 0 Å². The Morgan fingerprint density at radius 3 is 1.83 bits per heavy atom. The van der Waals surface area contributed by atoms with Crippen LogP contribution in [0.25, 0.3) is 0 Å². The van der Waals surface area contributed by atoms with Gasteiger partial charge in [-0.1, -0.05) is 14.9 Å². The van der Waals surface area contributed by atoms with Crippen LogP contribution in [0.15, 0.2) is 0 Å². The molecule has 0 amide bonds. The van der Waals surface area contributed by atoms with Crippen LogP contribution in [0.5, 0.6) is 0 Å². The molecule has 0 saturated heterocycles. The normalized spacial score (nSPS) is 10.5. The van der Waals surface area contributed by atoms with Gasteiger partial charge >= 0.3 is 0 Å². The van der Waals surface area contributed by atoms with Gasteiger partial charge in [-0.05, 0) is 34.6 Å². The summed E-state index contributed by atoms with van der Waals surface area (Å²) in [7, 11) is 0. The van der Waals surface area contributed by atoms with Crippen LogP contribution in [0.4, 0.5) is 0 Å². The highest BCUT2D eigenvalue weighted by atomic mass is 16.5. The summed E-state index contributed by atoms with van der Waals surface area (Å²) in [4.78, 5) is 0. The molecule has 0 saturated carbocycles. The Morgan fingerprint density at radius 1 is 1.17 bits per heavy atom. The minimum atomic E-state index is 0. The molecule has 0 aliphatic heterocycles. The summed E-state index contributed by atoms with van der Waals surface area (Å²) in [5.74, 6) is 0. The van der Waals surface area contributed by atoms with E-state index in [-0.39, 0.29) is 20.4 Å². The first-order valence-corrected chi connectivity index (χ1v) is 3.78. The second-order valence-electron chi connectivity index (χ2n) is 3.79. The van der Waals surface area contributed by atoms with Crippen LogP contribution in [0.1, 0.15) is 49.5 Å². The fourth-order valence-electron chi connectivity index (χ4n) is 0.425. The number of hydrogen-bond acceptors (Lipinski definition) is 2. The Bertz CT molecular complexity index is 84.3. The summed E-state index contributed by atoms with van der Waals surface area (Å²) in [6, 6.07) is 0. The monoisotopic (exact) mass is 177 g/mol. The molecule has 0 rings (SSSR count). The molecule has 0 spiro atoms. The van der Waals surface area contributed by atoms with Crippen LogP contribution in [0.2, 0.25) is 0 Å². The lowest BCUT2D eigenvalue weighted by Gasteiger charge is -2.21. The summed E-state index contributed by atoms with van der Waals surface area (Å²) in [6.45, 7) is 11.1. The molecule has 0 fully saturated rings. The van der Waals surface area contributed by atoms with Crippen molar-refractivity contribution >= 4 is 0 Å². The van der Waals surface area contributed by atoms with Crippen molar-refractivity contribution < 1.29 is 4.74 Å². The first kappa shape index (κ1) is 17.9. The maximum absolute atomic E-state index is 5.31.